The number of nitrogens with two attached hydrogens (primary N) is 1. The van der Waals surface area contributed by atoms with E-state index >= 15 is 0 Å². The van der Waals surface area contributed by atoms with E-state index in [2.05, 4.69) is 16.0 Å². The van der Waals surface area contributed by atoms with Crippen molar-refractivity contribution in [2.75, 3.05) is 0 Å². The number of rotatable bonds is 15. The Balaban J connectivity index is 5.56. The van der Waals surface area contributed by atoms with Crippen molar-refractivity contribution in [1.29, 1.82) is 0 Å². The molecule has 0 heterocycles. The van der Waals surface area contributed by atoms with Gasteiger partial charge in [0.2, 0.25) is 17.7 Å². The van der Waals surface area contributed by atoms with Gasteiger partial charge < -0.3 is 37.0 Å². The molecule has 0 spiro atoms. The van der Waals surface area contributed by atoms with Crippen LogP contribution in [0.15, 0.2) is 0 Å². The Morgan fingerprint density at radius 2 is 1.33 bits per heavy atom. The van der Waals surface area contributed by atoms with Gasteiger partial charge in [0.05, 0.1) is 12.5 Å². The minimum Gasteiger partial charge on any atom is -0.481 e. The zero-order valence-electron chi connectivity index (χ0n) is 19.2. The lowest BCUT2D eigenvalue weighted by Crippen LogP contribution is -2.59. The number of carbonyl (C=O) groups excluding carboxylic acids is 3. The fourth-order valence-electron chi connectivity index (χ4n) is 2.81. The summed E-state index contributed by atoms with van der Waals surface area (Å²) in [6.45, 7) is 6.53. The molecule has 13 heteroatoms. The summed E-state index contributed by atoms with van der Waals surface area (Å²) in [6, 6.07) is -5.25. The van der Waals surface area contributed by atoms with Crippen LogP contribution in [0.4, 0.5) is 0 Å². The number of carboxylic acids is 3. The first kappa shape index (κ1) is 29.8. The van der Waals surface area contributed by atoms with Crippen LogP contribution in [0.5, 0.6) is 0 Å². The third-order valence-corrected chi connectivity index (χ3v) is 5.03. The SMILES string of the molecule is CCC(C)C(NC(=O)C(CCC(=O)O)NC(=O)C(NC(=O)C(N)CC(=O)O)C(C)C)C(=O)O. The van der Waals surface area contributed by atoms with Crippen molar-refractivity contribution in [3.8, 4) is 0 Å². The highest BCUT2D eigenvalue weighted by Crippen LogP contribution is 2.10. The molecule has 0 aliphatic heterocycles. The Labute approximate surface area is 191 Å². The van der Waals surface area contributed by atoms with Crippen LogP contribution in [0.25, 0.3) is 0 Å². The van der Waals surface area contributed by atoms with Gasteiger partial charge in [0.15, 0.2) is 0 Å². The molecule has 5 atom stereocenters. The summed E-state index contributed by atoms with van der Waals surface area (Å²) in [6.07, 6.45) is -1.02. The summed E-state index contributed by atoms with van der Waals surface area (Å²) in [5, 5.41) is 34.1. The number of hydrogen-bond acceptors (Lipinski definition) is 7. The quantitative estimate of drug-likeness (QED) is 0.151. The summed E-state index contributed by atoms with van der Waals surface area (Å²) in [4.78, 5) is 70.9. The molecule has 3 amide bonds. The zero-order valence-corrected chi connectivity index (χ0v) is 19.2. The van der Waals surface area contributed by atoms with E-state index in [4.69, 9.17) is 15.9 Å². The van der Waals surface area contributed by atoms with Crippen LogP contribution in [-0.2, 0) is 28.8 Å². The maximum absolute atomic E-state index is 12.8. The lowest BCUT2D eigenvalue weighted by molar-refractivity contribution is -0.144. The van der Waals surface area contributed by atoms with Crippen LogP contribution >= 0.6 is 0 Å². The molecule has 0 saturated heterocycles. The molecule has 13 nitrogen and oxygen atoms in total. The molecule has 188 valence electrons. The first-order valence-electron chi connectivity index (χ1n) is 10.5. The Hall–Kier alpha value is -3.22. The average molecular weight is 475 g/mol. The number of carboxylic acid groups (broad SMARTS) is 3. The summed E-state index contributed by atoms with van der Waals surface area (Å²) >= 11 is 0. The van der Waals surface area contributed by atoms with E-state index in [-0.39, 0.29) is 6.42 Å². The molecular weight excluding hydrogens is 440 g/mol. The van der Waals surface area contributed by atoms with E-state index in [0.717, 1.165) is 0 Å². The standard InChI is InChI=1S/C20H34N4O9/c1-5-10(4)16(20(32)33)24-18(30)12(6-7-13(25)26)22-19(31)15(9(2)3)23-17(29)11(21)8-14(27)28/h9-12,15-16H,5-8,21H2,1-4H3,(H,22,31)(H,23,29)(H,24,30)(H,25,26)(H,27,28)(H,32,33). The fraction of sp³-hybridized carbons (Fsp3) is 0.700. The first-order chi connectivity index (χ1) is 15.2. The minimum atomic E-state index is -1.41. The third kappa shape index (κ3) is 10.8. The van der Waals surface area contributed by atoms with Crippen LogP contribution in [0.2, 0.25) is 0 Å². The molecule has 33 heavy (non-hydrogen) atoms. The van der Waals surface area contributed by atoms with Crippen LogP contribution in [0, 0.1) is 11.8 Å². The van der Waals surface area contributed by atoms with Gasteiger partial charge in [-0.15, -0.1) is 0 Å². The predicted octanol–water partition coefficient (Wildman–Crippen LogP) is -1.11. The van der Waals surface area contributed by atoms with E-state index in [0.29, 0.717) is 6.42 Å². The summed E-state index contributed by atoms with van der Waals surface area (Å²) in [5.74, 6) is -7.34. The van der Waals surface area contributed by atoms with E-state index in [1.165, 1.54) is 0 Å². The van der Waals surface area contributed by atoms with Gasteiger partial charge in [-0.1, -0.05) is 34.1 Å². The van der Waals surface area contributed by atoms with Crippen molar-refractivity contribution >= 4 is 35.6 Å². The van der Waals surface area contributed by atoms with Gasteiger partial charge in [0.1, 0.15) is 18.1 Å². The third-order valence-electron chi connectivity index (χ3n) is 5.03. The van der Waals surface area contributed by atoms with Crippen molar-refractivity contribution in [1.82, 2.24) is 16.0 Å². The van der Waals surface area contributed by atoms with Crippen molar-refractivity contribution < 1.29 is 44.1 Å². The Morgan fingerprint density at radius 1 is 0.788 bits per heavy atom. The van der Waals surface area contributed by atoms with Crippen LogP contribution in [0.3, 0.4) is 0 Å². The van der Waals surface area contributed by atoms with Gasteiger partial charge in [0.25, 0.3) is 0 Å². The number of amides is 3. The molecule has 0 saturated carbocycles. The Kier molecular flexibility index (Phi) is 12.7. The maximum atomic E-state index is 12.8. The van der Waals surface area contributed by atoms with Gasteiger partial charge in [-0.2, -0.15) is 0 Å². The molecule has 8 N–H and O–H groups in total. The molecule has 5 unspecified atom stereocenters. The van der Waals surface area contributed by atoms with Gasteiger partial charge in [-0.25, -0.2) is 4.79 Å². The van der Waals surface area contributed by atoms with Crippen molar-refractivity contribution in [2.24, 2.45) is 17.6 Å². The molecule has 0 aliphatic rings. The van der Waals surface area contributed by atoms with Crippen LogP contribution < -0.4 is 21.7 Å². The Bertz CT molecular complexity index is 741. The van der Waals surface area contributed by atoms with E-state index in [9.17, 15) is 33.9 Å². The van der Waals surface area contributed by atoms with Gasteiger partial charge in [-0.05, 0) is 18.3 Å². The summed E-state index contributed by atoms with van der Waals surface area (Å²) in [5.41, 5.74) is 5.51. The number of nitrogens with one attached hydrogen (secondary N) is 3. The topological polar surface area (TPSA) is 225 Å². The molecule has 0 rings (SSSR count). The van der Waals surface area contributed by atoms with Crippen molar-refractivity contribution in [3.63, 3.8) is 0 Å². The minimum absolute atomic E-state index is 0.322. The maximum Gasteiger partial charge on any atom is 0.326 e. The Morgan fingerprint density at radius 3 is 1.76 bits per heavy atom. The molecule has 0 aromatic carbocycles. The van der Waals surface area contributed by atoms with Gasteiger partial charge in [0, 0.05) is 6.42 Å². The molecular formula is C20H34N4O9. The molecule has 0 radical (unpaired) electrons. The highest BCUT2D eigenvalue weighted by atomic mass is 16.4. The molecule has 0 aromatic heterocycles. The van der Waals surface area contributed by atoms with Gasteiger partial charge in [-0.3, -0.25) is 24.0 Å². The zero-order chi connectivity index (χ0) is 25.9. The highest BCUT2D eigenvalue weighted by molar-refractivity contribution is 5.95. The highest BCUT2D eigenvalue weighted by Gasteiger charge is 2.33. The second-order valence-corrected chi connectivity index (χ2v) is 8.14. The predicted molar refractivity (Wildman–Crippen MR) is 115 cm³/mol. The lowest BCUT2D eigenvalue weighted by atomic mass is 9.98. The molecule has 0 aliphatic carbocycles. The van der Waals surface area contributed by atoms with Crippen LogP contribution in [-0.4, -0.2) is 75.1 Å². The van der Waals surface area contributed by atoms with Crippen LogP contribution in [0.1, 0.15) is 53.4 Å². The molecule has 0 bridgehead atoms. The summed E-state index contributed by atoms with van der Waals surface area (Å²) < 4.78 is 0. The second-order valence-electron chi connectivity index (χ2n) is 8.14. The first-order valence-corrected chi connectivity index (χ1v) is 10.5. The smallest absolute Gasteiger partial charge is 0.326 e. The monoisotopic (exact) mass is 474 g/mol. The molecule has 0 fully saturated rings. The normalized spacial score (nSPS) is 15.5. The summed E-state index contributed by atoms with van der Waals surface area (Å²) in [7, 11) is 0. The lowest BCUT2D eigenvalue weighted by Gasteiger charge is -2.27. The largest absolute Gasteiger partial charge is 0.481 e. The second kappa shape index (κ2) is 14.0. The molecule has 0 aromatic rings. The van der Waals surface area contributed by atoms with Crippen molar-refractivity contribution in [3.05, 3.63) is 0 Å². The number of hydrogen-bond donors (Lipinski definition) is 7. The number of aliphatic carboxylic acids is 3. The van der Waals surface area contributed by atoms with E-state index in [1.54, 1.807) is 27.7 Å². The number of carbonyl (C=O) groups is 6. The van der Waals surface area contributed by atoms with Crippen molar-refractivity contribution in [2.45, 2.75) is 77.5 Å². The van der Waals surface area contributed by atoms with E-state index in [1.807, 2.05) is 0 Å². The van der Waals surface area contributed by atoms with E-state index < -0.39 is 84.5 Å². The van der Waals surface area contributed by atoms with Gasteiger partial charge >= 0.3 is 17.9 Å². The fourth-order valence-corrected chi connectivity index (χ4v) is 2.81. The average Bonchev–Trinajstić information content (AvgIpc) is 2.70.